The Morgan fingerprint density at radius 2 is 2.04 bits per heavy atom. The van der Waals surface area contributed by atoms with E-state index in [2.05, 4.69) is 10.1 Å². The molecule has 7 nitrogen and oxygen atoms in total. The van der Waals surface area contributed by atoms with Gasteiger partial charge in [-0.3, -0.25) is 0 Å². The second-order valence-electron chi connectivity index (χ2n) is 6.77. The summed E-state index contributed by atoms with van der Waals surface area (Å²) in [7, 11) is -3.30. The van der Waals surface area contributed by atoms with E-state index in [1.165, 1.54) is 6.26 Å². The summed E-state index contributed by atoms with van der Waals surface area (Å²) < 4.78 is 30.7. The SMILES string of the molecule is CCOCc1nc(-c2cccc(S(C)(=O)=O)c2)nn1CC(C)(C)CO. The second-order valence-corrected chi connectivity index (χ2v) is 8.78. The first-order chi connectivity index (χ1) is 11.7. The lowest BCUT2D eigenvalue weighted by Crippen LogP contribution is -2.25. The highest BCUT2D eigenvalue weighted by atomic mass is 32.2. The Morgan fingerprint density at radius 1 is 1.32 bits per heavy atom. The van der Waals surface area contributed by atoms with Crippen LogP contribution in [0.5, 0.6) is 0 Å². The molecule has 0 aliphatic carbocycles. The fourth-order valence-corrected chi connectivity index (χ4v) is 2.91. The van der Waals surface area contributed by atoms with Gasteiger partial charge in [0, 0.05) is 30.4 Å². The van der Waals surface area contributed by atoms with Crippen LogP contribution in [0, 0.1) is 5.41 Å². The molecule has 2 aromatic rings. The molecule has 0 aliphatic heterocycles. The summed E-state index contributed by atoms with van der Waals surface area (Å²) in [6.45, 7) is 7.11. The zero-order valence-electron chi connectivity index (χ0n) is 15.1. The van der Waals surface area contributed by atoms with E-state index in [1.54, 1.807) is 28.9 Å². The van der Waals surface area contributed by atoms with Crippen molar-refractivity contribution in [2.45, 2.75) is 38.8 Å². The number of sulfone groups is 1. The fraction of sp³-hybridized carbons (Fsp3) is 0.529. The standard InChI is InChI=1S/C17H25N3O4S/c1-5-24-10-15-18-16(19-20(15)11-17(2,3)12-21)13-7-6-8-14(9-13)25(4,22)23/h6-9,21H,5,10-12H2,1-4H3. The van der Waals surface area contributed by atoms with Crippen LogP contribution in [0.3, 0.4) is 0 Å². The molecular formula is C17H25N3O4S. The van der Waals surface area contributed by atoms with E-state index in [4.69, 9.17) is 4.74 Å². The Bertz CT molecular complexity index is 828. The number of rotatable bonds is 8. The Kier molecular flexibility index (Phi) is 5.97. The molecule has 1 aromatic heterocycles. The molecule has 0 spiro atoms. The third kappa shape index (κ3) is 5.10. The highest BCUT2D eigenvalue weighted by molar-refractivity contribution is 7.90. The van der Waals surface area contributed by atoms with E-state index in [0.29, 0.717) is 37.0 Å². The average molecular weight is 367 g/mol. The molecule has 0 saturated carbocycles. The van der Waals surface area contributed by atoms with Gasteiger partial charge in [-0.2, -0.15) is 5.10 Å². The van der Waals surface area contributed by atoms with Crippen molar-refractivity contribution < 1.29 is 18.3 Å². The van der Waals surface area contributed by atoms with Crippen molar-refractivity contribution in [3.05, 3.63) is 30.1 Å². The molecule has 0 fully saturated rings. The number of benzene rings is 1. The van der Waals surface area contributed by atoms with Crippen LogP contribution < -0.4 is 0 Å². The Labute approximate surface area is 148 Å². The normalized spacial score (nSPS) is 12.5. The zero-order chi connectivity index (χ0) is 18.7. The number of aliphatic hydroxyl groups is 1. The van der Waals surface area contributed by atoms with Crippen LogP contribution in [0.2, 0.25) is 0 Å². The third-order valence-electron chi connectivity index (χ3n) is 3.71. The number of ether oxygens (including phenoxy) is 1. The van der Waals surface area contributed by atoms with Crippen molar-refractivity contribution in [2.75, 3.05) is 19.5 Å². The molecule has 0 unspecified atom stereocenters. The minimum atomic E-state index is -3.30. The maximum absolute atomic E-state index is 11.8. The molecule has 2 rings (SSSR count). The predicted octanol–water partition coefficient (Wildman–Crippen LogP) is 1.90. The molecule has 25 heavy (non-hydrogen) atoms. The fourth-order valence-electron chi connectivity index (χ4n) is 2.24. The minimum Gasteiger partial charge on any atom is -0.396 e. The summed E-state index contributed by atoms with van der Waals surface area (Å²) in [4.78, 5) is 4.74. The van der Waals surface area contributed by atoms with Gasteiger partial charge in [0.25, 0.3) is 0 Å². The summed E-state index contributed by atoms with van der Waals surface area (Å²) >= 11 is 0. The smallest absolute Gasteiger partial charge is 0.181 e. The molecule has 1 aromatic carbocycles. The topological polar surface area (TPSA) is 94.3 Å². The Balaban J connectivity index is 2.43. The molecule has 0 bridgehead atoms. The largest absolute Gasteiger partial charge is 0.396 e. The maximum atomic E-state index is 11.8. The number of nitrogens with zero attached hydrogens (tertiary/aromatic N) is 3. The van der Waals surface area contributed by atoms with Crippen LogP contribution in [0.4, 0.5) is 0 Å². The molecule has 0 radical (unpaired) electrons. The zero-order valence-corrected chi connectivity index (χ0v) is 15.9. The van der Waals surface area contributed by atoms with Crippen LogP contribution >= 0.6 is 0 Å². The summed E-state index contributed by atoms with van der Waals surface area (Å²) in [6, 6.07) is 6.56. The van der Waals surface area contributed by atoms with Gasteiger partial charge in [-0.25, -0.2) is 18.1 Å². The van der Waals surface area contributed by atoms with Crippen LogP contribution in [-0.4, -0.2) is 47.8 Å². The van der Waals surface area contributed by atoms with Crippen molar-refractivity contribution in [3.63, 3.8) is 0 Å². The number of aromatic nitrogens is 3. The van der Waals surface area contributed by atoms with Gasteiger partial charge in [0.1, 0.15) is 6.61 Å². The quantitative estimate of drug-likeness (QED) is 0.766. The highest BCUT2D eigenvalue weighted by Crippen LogP contribution is 2.23. The van der Waals surface area contributed by atoms with Crippen molar-refractivity contribution in [1.29, 1.82) is 0 Å². The molecule has 0 aliphatic rings. The van der Waals surface area contributed by atoms with Gasteiger partial charge in [-0.15, -0.1) is 0 Å². The van der Waals surface area contributed by atoms with Gasteiger partial charge < -0.3 is 9.84 Å². The van der Waals surface area contributed by atoms with E-state index < -0.39 is 9.84 Å². The molecule has 0 saturated heterocycles. The van der Waals surface area contributed by atoms with E-state index in [9.17, 15) is 13.5 Å². The van der Waals surface area contributed by atoms with Crippen LogP contribution in [-0.2, 0) is 27.7 Å². The van der Waals surface area contributed by atoms with E-state index in [1.807, 2.05) is 20.8 Å². The first-order valence-electron chi connectivity index (χ1n) is 8.09. The van der Waals surface area contributed by atoms with Crippen molar-refractivity contribution in [1.82, 2.24) is 14.8 Å². The summed E-state index contributed by atoms with van der Waals surface area (Å²) in [5, 5.41) is 14.0. The van der Waals surface area contributed by atoms with Gasteiger partial charge >= 0.3 is 0 Å². The second kappa shape index (κ2) is 7.63. The first-order valence-corrected chi connectivity index (χ1v) is 9.98. The Hall–Kier alpha value is -1.77. The van der Waals surface area contributed by atoms with E-state index in [0.717, 1.165) is 0 Å². The van der Waals surface area contributed by atoms with E-state index >= 15 is 0 Å². The van der Waals surface area contributed by atoms with Gasteiger partial charge in [-0.1, -0.05) is 26.0 Å². The molecule has 0 atom stereocenters. The highest BCUT2D eigenvalue weighted by Gasteiger charge is 2.22. The van der Waals surface area contributed by atoms with Crippen molar-refractivity contribution >= 4 is 9.84 Å². The molecule has 138 valence electrons. The summed E-state index contributed by atoms with van der Waals surface area (Å²) in [5.74, 6) is 1.08. The summed E-state index contributed by atoms with van der Waals surface area (Å²) in [6.07, 6.45) is 1.17. The van der Waals surface area contributed by atoms with Gasteiger partial charge in [-0.05, 0) is 19.1 Å². The van der Waals surface area contributed by atoms with Gasteiger partial charge in [0.05, 0.1) is 11.4 Å². The van der Waals surface area contributed by atoms with Crippen molar-refractivity contribution in [3.8, 4) is 11.4 Å². The number of aliphatic hydroxyl groups excluding tert-OH is 1. The Morgan fingerprint density at radius 3 is 2.64 bits per heavy atom. The summed E-state index contributed by atoms with van der Waals surface area (Å²) in [5.41, 5.74) is 0.266. The molecule has 8 heteroatoms. The average Bonchev–Trinajstić information content (AvgIpc) is 2.94. The van der Waals surface area contributed by atoms with Gasteiger partial charge in [0.15, 0.2) is 21.5 Å². The number of hydrogen-bond acceptors (Lipinski definition) is 6. The third-order valence-corrected chi connectivity index (χ3v) is 4.82. The minimum absolute atomic E-state index is 0.0137. The molecule has 1 N–H and O–H groups in total. The van der Waals surface area contributed by atoms with Gasteiger partial charge in [0.2, 0.25) is 0 Å². The van der Waals surface area contributed by atoms with E-state index in [-0.39, 0.29) is 16.9 Å². The van der Waals surface area contributed by atoms with Crippen LogP contribution in [0.1, 0.15) is 26.6 Å². The van der Waals surface area contributed by atoms with Crippen molar-refractivity contribution in [2.24, 2.45) is 5.41 Å². The monoisotopic (exact) mass is 367 g/mol. The lowest BCUT2D eigenvalue weighted by Gasteiger charge is -2.21. The van der Waals surface area contributed by atoms with Crippen LogP contribution in [0.15, 0.2) is 29.2 Å². The molecule has 0 amide bonds. The lowest BCUT2D eigenvalue weighted by atomic mass is 9.95. The lowest BCUT2D eigenvalue weighted by molar-refractivity contribution is 0.110. The first kappa shape index (κ1) is 19.6. The maximum Gasteiger partial charge on any atom is 0.181 e. The molecule has 1 heterocycles. The number of hydrogen-bond donors (Lipinski definition) is 1. The van der Waals surface area contributed by atoms with Crippen LogP contribution in [0.25, 0.3) is 11.4 Å². The molecular weight excluding hydrogens is 342 g/mol. The predicted molar refractivity (Wildman–Crippen MR) is 94.8 cm³/mol.